The van der Waals surface area contributed by atoms with Gasteiger partial charge in [0.1, 0.15) is 12.4 Å². The van der Waals surface area contributed by atoms with Crippen molar-refractivity contribution in [2.45, 2.75) is 12.5 Å². The topological polar surface area (TPSA) is 38.5 Å². The molecule has 0 amide bonds. The van der Waals surface area contributed by atoms with Crippen LogP contribution in [0, 0.1) is 0 Å². The smallest absolute Gasteiger partial charge is 0.119 e. The Hall–Kier alpha value is -3.82. The monoisotopic (exact) mass is 448 g/mol. The minimum absolute atomic E-state index is 0.221. The summed E-state index contributed by atoms with van der Waals surface area (Å²) in [5.41, 5.74) is 11.8. The Morgan fingerprint density at radius 2 is 1.26 bits per heavy atom. The maximum atomic E-state index is 6.01. The fraction of sp³-hybridized carbons (Fsp3) is 0.161. The Morgan fingerprint density at radius 1 is 0.735 bits per heavy atom. The normalized spacial score (nSPS) is 10.8. The highest BCUT2D eigenvalue weighted by Crippen LogP contribution is 2.29. The molecule has 0 spiro atoms. The van der Waals surface area contributed by atoms with Gasteiger partial charge in [-0.25, -0.2) is 0 Å². The molecular weight excluding hydrogens is 416 g/mol. The largest absolute Gasteiger partial charge is 0.489 e. The number of hydrogen-bond donors (Lipinski definition) is 1. The molecule has 0 heterocycles. The minimum atomic E-state index is 0.221. The van der Waals surface area contributed by atoms with Crippen LogP contribution in [0.15, 0.2) is 122 Å². The number of nitrogens with two attached hydrogens (primary N) is 1. The Morgan fingerprint density at radius 3 is 1.79 bits per heavy atom. The molecule has 0 atom stereocenters. The second-order valence-corrected chi connectivity index (χ2v) is 8.35. The number of rotatable bonds is 11. The average Bonchev–Trinajstić information content (AvgIpc) is 2.91. The van der Waals surface area contributed by atoms with E-state index in [1.807, 2.05) is 30.3 Å². The number of nitrogens with zero attached hydrogens (tertiary/aromatic N) is 1. The Kier molecular flexibility index (Phi) is 8.15. The van der Waals surface area contributed by atoms with Gasteiger partial charge >= 0.3 is 0 Å². The standard InChI is InChI=1S/C31H32N2O/c1-25(27-17-19-30(20-18-27)34-24-26-11-5-2-6-12-26)33(22-21-32)23-31(28-13-7-3-8-14-28)29-15-9-4-10-16-29/h2-20,31H,1,21-24,32H2. The molecule has 0 unspecified atom stereocenters. The van der Waals surface area contributed by atoms with Gasteiger partial charge in [-0.05, 0) is 46.5 Å². The molecule has 172 valence electrons. The quantitative estimate of drug-likeness (QED) is 0.291. The summed E-state index contributed by atoms with van der Waals surface area (Å²) in [5, 5.41) is 0. The van der Waals surface area contributed by atoms with E-state index in [4.69, 9.17) is 10.5 Å². The summed E-state index contributed by atoms with van der Waals surface area (Å²) >= 11 is 0. The molecule has 34 heavy (non-hydrogen) atoms. The van der Waals surface area contributed by atoms with Crippen LogP contribution in [0.2, 0.25) is 0 Å². The molecule has 0 aliphatic heterocycles. The van der Waals surface area contributed by atoms with E-state index in [2.05, 4.69) is 96.4 Å². The minimum Gasteiger partial charge on any atom is -0.489 e. The third-order valence-corrected chi connectivity index (χ3v) is 6.02. The summed E-state index contributed by atoms with van der Waals surface area (Å²) in [6, 6.07) is 39.7. The van der Waals surface area contributed by atoms with E-state index < -0.39 is 0 Å². The van der Waals surface area contributed by atoms with Gasteiger partial charge in [-0.15, -0.1) is 0 Å². The van der Waals surface area contributed by atoms with Crippen molar-refractivity contribution < 1.29 is 4.74 Å². The molecule has 0 fully saturated rings. The van der Waals surface area contributed by atoms with Crippen LogP contribution in [-0.4, -0.2) is 24.5 Å². The number of hydrogen-bond acceptors (Lipinski definition) is 3. The molecule has 3 nitrogen and oxygen atoms in total. The molecule has 0 aliphatic rings. The van der Waals surface area contributed by atoms with Gasteiger partial charge in [-0.1, -0.05) is 97.6 Å². The lowest BCUT2D eigenvalue weighted by Gasteiger charge is -2.31. The maximum absolute atomic E-state index is 6.01. The lowest BCUT2D eigenvalue weighted by Crippen LogP contribution is -2.32. The van der Waals surface area contributed by atoms with Gasteiger partial charge in [0.25, 0.3) is 0 Å². The number of benzene rings is 4. The molecule has 0 saturated carbocycles. The Bertz CT molecular complexity index is 1100. The van der Waals surface area contributed by atoms with Gasteiger partial charge in [-0.2, -0.15) is 0 Å². The van der Waals surface area contributed by atoms with E-state index in [0.717, 1.165) is 35.7 Å². The van der Waals surface area contributed by atoms with Crippen LogP contribution >= 0.6 is 0 Å². The first-order valence-electron chi connectivity index (χ1n) is 11.8. The molecule has 4 aromatic rings. The van der Waals surface area contributed by atoms with Gasteiger partial charge in [0.15, 0.2) is 0 Å². The van der Waals surface area contributed by atoms with E-state index in [9.17, 15) is 0 Å². The van der Waals surface area contributed by atoms with E-state index in [1.54, 1.807) is 0 Å². The van der Waals surface area contributed by atoms with Gasteiger partial charge in [0.05, 0.1) is 0 Å². The summed E-state index contributed by atoms with van der Waals surface area (Å²) in [7, 11) is 0. The van der Waals surface area contributed by atoms with Crippen molar-refractivity contribution in [3.05, 3.63) is 144 Å². The first-order chi connectivity index (χ1) is 16.7. The fourth-order valence-corrected chi connectivity index (χ4v) is 4.15. The molecule has 0 aromatic heterocycles. The van der Waals surface area contributed by atoms with Crippen molar-refractivity contribution in [1.82, 2.24) is 4.90 Å². The van der Waals surface area contributed by atoms with E-state index >= 15 is 0 Å². The van der Waals surface area contributed by atoms with Crippen molar-refractivity contribution in [3.8, 4) is 5.75 Å². The fourth-order valence-electron chi connectivity index (χ4n) is 4.15. The van der Waals surface area contributed by atoms with E-state index in [-0.39, 0.29) is 5.92 Å². The molecular formula is C31H32N2O. The summed E-state index contributed by atoms with van der Waals surface area (Å²) in [6.07, 6.45) is 0. The highest BCUT2D eigenvalue weighted by atomic mass is 16.5. The molecule has 0 radical (unpaired) electrons. The molecule has 4 rings (SSSR count). The summed E-state index contributed by atoms with van der Waals surface area (Å²) in [5.74, 6) is 1.07. The average molecular weight is 449 g/mol. The van der Waals surface area contributed by atoms with Gasteiger partial charge < -0.3 is 15.4 Å². The van der Waals surface area contributed by atoms with Crippen molar-refractivity contribution >= 4 is 5.70 Å². The highest BCUT2D eigenvalue weighted by Gasteiger charge is 2.19. The zero-order valence-electron chi connectivity index (χ0n) is 19.5. The maximum Gasteiger partial charge on any atom is 0.119 e. The zero-order valence-corrected chi connectivity index (χ0v) is 19.5. The second-order valence-electron chi connectivity index (χ2n) is 8.35. The van der Waals surface area contributed by atoms with Crippen molar-refractivity contribution in [3.63, 3.8) is 0 Å². The molecule has 0 saturated heterocycles. The SMILES string of the molecule is C=C(c1ccc(OCc2ccccc2)cc1)N(CCN)CC(c1ccccc1)c1ccccc1. The molecule has 4 aromatic carbocycles. The first kappa shape index (κ1) is 23.3. The summed E-state index contributed by atoms with van der Waals surface area (Å²) < 4.78 is 5.95. The predicted molar refractivity (Wildman–Crippen MR) is 142 cm³/mol. The van der Waals surface area contributed by atoms with Crippen LogP contribution in [0.3, 0.4) is 0 Å². The Labute approximate surface area is 203 Å². The summed E-state index contributed by atoms with van der Waals surface area (Å²) in [4.78, 5) is 2.30. The Balaban J connectivity index is 1.50. The van der Waals surface area contributed by atoms with Crippen LogP contribution in [0.4, 0.5) is 0 Å². The summed E-state index contributed by atoms with van der Waals surface area (Å²) in [6.45, 7) is 7.09. The zero-order chi connectivity index (χ0) is 23.6. The predicted octanol–water partition coefficient (Wildman–Crippen LogP) is 6.33. The molecule has 0 aliphatic carbocycles. The lowest BCUT2D eigenvalue weighted by atomic mass is 9.90. The third-order valence-electron chi connectivity index (χ3n) is 6.02. The van der Waals surface area contributed by atoms with Crippen molar-refractivity contribution in [2.75, 3.05) is 19.6 Å². The first-order valence-corrected chi connectivity index (χ1v) is 11.8. The van der Waals surface area contributed by atoms with Crippen LogP contribution < -0.4 is 10.5 Å². The van der Waals surface area contributed by atoms with Gasteiger partial charge in [0, 0.05) is 31.2 Å². The number of ether oxygens (including phenoxy) is 1. The van der Waals surface area contributed by atoms with E-state index in [1.165, 1.54) is 11.1 Å². The molecule has 3 heteroatoms. The molecule has 2 N–H and O–H groups in total. The van der Waals surface area contributed by atoms with Crippen LogP contribution in [0.1, 0.15) is 28.2 Å². The van der Waals surface area contributed by atoms with Crippen molar-refractivity contribution in [2.24, 2.45) is 5.73 Å². The van der Waals surface area contributed by atoms with Crippen LogP contribution in [0.5, 0.6) is 5.75 Å². The third kappa shape index (κ3) is 6.15. The van der Waals surface area contributed by atoms with Crippen LogP contribution in [-0.2, 0) is 6.61 Å². The van der Waals surface area contributed by atoms with Gasteiger partial charge in [-0.3, -0.25) is 0 Å². The van der Waals surface area contributed by atoms with Crippen LogP contribution in [0.25, 0.3) is 5.70 Å². The van der Waals surface area contributed by atoms with Gasteiger partial charge in [0.2, 0.25) is 0 Å². The van der Waals surface area contributed by atoms with Crippen molar-refractivity contribution in [1.29, 1.82) is 0 Å². The van der Waals surface area contributed by atoms with E-state index in [0.29, 0.717) is 13.2 Å². The highest BCUT2D eigenvalue weighted by molar-refractivity contribution is 5.62. The lowest BCUT2D eigenvalue weighted by molar-refractivity contribution is 0.306. The second kappa shape index (κ2) is 11.9. The molecule has 0 bridgehead atoms.